The first-order valence-corrected chi connectivity index (χ1v) is 10.2. The van der Waals surface area contributed by atoms with Crippen LogP contribution in [0.15, 0.2) is 91.0 Å². The Kier molecular flexibility index (Phi) is 6.17. The highest BCUT2D eigenvalue weighted by molar-refractivity contribution is 6.28. The number of aryl methyl sites for hydroxylation is 2. The highest BCUT2D eigenvalue weighted by Gasteiger charge is 2.24. The van der Waals surface area contributed by atoms with Crippen molar-refractivity contribution in [3.63, 3.8) is 0 Å². The predicted molar refractivity (Wildman–Crippen MR) is 122 cm³/mol. The molecule has 0 N–H and O–H groups in total. The molecule has 158 valence electrons. The number of rotatable bonds is 7. The average molecular weight is 425 g/mol. The molecule has 0 bridgehead atoms. The van der Waals surface area contributed by atoms with E-state index in [9.17, 15) is 18.8 Å². The maximum Gasteiger partial charge on any atom is 0.258 e. The van der Waals surface area contributed by atoms with Crippen LogP contribution in [0.5, 0.6) is 0 Å². The van der Waals surface area contributed by atoms with Crippen molar-refractivity contribution in [3.8, 4) is 0 Å². The molecule has 3 aromatic carbocycles. The van der Waals surface area contributed by atoms with Crippen molar-refractivity contribution in [1.82, 2.24) is 0 Å². The van der Waals surface area contributed by atoms with E-state index in [1.54, 1.807) is 18.2 Å². The van der Waals surface area contributed by atoms with E-state index in [-0.39, 0.29) is 23.4 Å². The lowest BCUT2D eigenvalue weighted by molar-refractivity contribution is -0.119. The molecule has 3 aromatic rings. The Morgan fingerprint density at radius 2 is 1.28 bits per heavy atom. The van der Waals surface area contributed by atoms with E-state index in [2.05, 4.69) is 0 Å². The smallest absolute Gasteiger partial charge is 0.258 e. The van der Waals surface area contributed by atoms with Crippen molar-refractivity contribution >= 4 is 29.4 Å². The third-order valence-electron chi connectivity index (χ3n) is 5.24. The molecule has 0 fully saturated rings. The summed E-state index contributed by atoms with van der Waals surface area (Å²) in [5.41, 5.74) is 4.18. The minimum atomic E-state index is -0.369. The van der Waals surface area contributed by atoms with Gasteiger partial charge in [-0.05, 0) is 72.0 Å². The summed E-state index contributed by atoms with van der Waals surface area (Å²) in [7, 11) is 0. The lowest BCUT2D eigenvalue weighted by Crippen LogP contribution is -2.29. The summed E-state index contributed by atoms with van der Waals surface area (Å²) in [6.07, 6.45) is 7.42. The molecule has 0 atom stereocenters. The van der Waals surface area contributed by atoms with Crippen LogP contribution in [0.4, 0.5) is 10.1 Å². The van der Waals surface area contributed by atoms with Crippen LogP contribution in [0, 0.1) is 5.82 Å². The summed E-state index contributed by atoms with van der Waals surface area (Å²) in [5, 5.41) is 0. The molecule has 4 nitrogen and oxygen atoms in total. The number of carbonyl (C=O) groups excluding carboxylic acids is 3. The van der Waals surface area contributed by atoms with Crippen LogP contribution in [0.1, 0.15) is 27.0 Å². The number of imide groups is 1. The maximum absolute atomic E-state index is 13.0. The summed E-state index contributed by atoms with van der Waals surface area (Å²) in [6, 6.07) is 20.8. The van der Waals surface area contributed by atoms with Crippen LogP contribution in [0.3, 0.4) is 0 Å². The number of anilines is 1. The van der Waals surface area contributed by atoms with Crippen molar-refractivity contribution < 1.29 is 18.8 Å². The molecular formula is C27H20FNO3. The van der Waals surface area contributed by atoms with Gasteiger partial charge < -0.3 is 0 Å². The van der Waals surface area contributed by atoms with Crippen LogP contribution in [-0.2, 0) is 22.4 Å². The zero-order valence-corrected chi connectivity index (χ0v) is 17.2. The second-order valence-corrected chi connectivity index (χ2v) is 7.46. The van der Waals surface area contributed by atoms with Crippen LogP contribution in [0.2, 0.25) is 0 Å². The first-order valence-electron chi connectivity index (χ1n) is 10.2. The largest absolute Gasteiger partial charge is 0.289 e. The van der Waals surface area contributed by atoms with E-state index in [0.29, 0.717) is 11.3 Å². The normalized spacial score (nSPS) is 13.3. The summed E-state index contributed by atoms with van der Waals surface area (Å²) in [5.74, 6) is -1.19. The van der Waals surface area contributed by atoms with Gasteiger partial charge in [0.05, 0.1) is 5.69 Å². The lowest BCUT2D eigenvalue weighted by atomic mass is 10.0. The van der Waals surface area contributed by atoms with Gasteiger partial charge in [0.25, 0.3) is 11.8 Å². The summed E-state index contributed by atoms with van der Waals surface area (Å²) in [6.45, 7) is 0. The fourth-order valence-electron chi connectivity index (χ4n) is 3.43. The molecule has 1 aliphatic rings. The SMILES string of the molecule is O=C(C=Cc1ccc(CCc2ccc(N3C(=O)C=CC3=O)cc2)cc1)c1ccc(F)cc1. The molecule has 32 heavy (non-hydrogen) atoms. The Morgan fingerprint density at radius 3 is 1.84 bits per heavy atom. The van der Waals surface area contributed by atoms with Crippen molar-refractivity contribution in [2.75, 3.05) is 4.90 Å². The molecule has 1 heterocycles. The zero-order valence-electron chi connectivity index (χ0n) is 17.2. The van der Waals surface area contributed by atoms with Gasteiger partial charge in [-0.2, -0.15) is 0 Å². The molecule has 0 aliphatic carbocycles. The second-order valence-electron chi connectivity index (χ2n) is 7.46. The topological polar surface area (TPSA) is 54.5 Å². The van der Waals surface area contributed by atoms with E-state index >= 15 is 0 Å². The summed E-state index contributed by atoms with van der Waals surface area (Å²) >= 11 is 0. The summed E-state index contributed by atoms with van der Waals surface area (Å²) in [4.78, 5) is 36.8. The fraction of sp³-hybridized carbons (Fsp3) is 0.0741. The number of hydrogen-bond acceptors (Lipinski definition) is 3. The van der Waals surface area contributed by atoms with E-state index in [1.165, 1.54) is 42.5 Å². The third-order valence-corrected chi connectivity index (χ3v) is 5.24. The van der Waals surface area contributed by atoms with Gasteiger partial charge in [0.1, 0.15) is 5.82 Å². The highest BCUT2D eigenvalue weighted by Crippen LogP contribution is 2.20. The molecule has 0 spiro atoms. The Hall–Kier alpha value is -4.12. The van der Waals surface area contributed by atoms with Crippen molar-refractivity contribution in [2.24, 2.45) is 0 Å². The Morgan fingerprint density at radius 1 is 0.750 bits per heavy atom. The molecule has 5 heteroatoms. The number of nitrogens with zero attached hydrogens (tertiary/aromatic N) is 1. The van der Waals surface area contributed by atoms with Gasteiger partial charge in [0.2, 0.25) is 0 Å². The number of carbonyl (C=O) groups is 3. The van der Waals surface area contributed by atoms with Crippen molar-refractivity contribution in [3.05, 3.63) is 119 Å². The molecule has 0 aromatic heterocycles. The second kappa shape index (κ2) is 9.35. The van der Waals surface area contributed by atoms with Gasteiger partial charge in [-0.25, -0.2) is 9.29 Å². The van der Waals surface area contributed by atoms with E-state index in [4.69, 9.17) is 0 Å². The number of ketones is 1. The predicted octanol–water partition coefficient (Wildman–Crippen LogP) is 4.94. The van der Waals surface area contributed by atoms with Gasteiger partial charge in [0, 0.05) is 17.7 Å². The number of halogens is 1. The quantitative estimate of drug-likeness (QED) is 0.306. The molecule has 0 radical (unpaired) electrons. The minimum absolute atomic E-state index is 0.175. The van der Waals surface area contributed by atoms with E-state index in [1.807, 2.05) is 36.4 Å². The van der Waals surface area contributed by atoms with Gasteiger partial charge in [-0.15, -0.1) is 0 Å². The molecule has 1 aliphatic heterocycles. The standard InChI is InChI=1S/C27H20FNO3/c28-23-12-10-22(11-13-23)25(30)16-9-20-4-1-19(2-5-20)3-6-21-7-14-24(15-8-21)29-26(31)17-18-27(29)32/h1-2,4-5,7-18H,3,6H2. The Balaban J connectivity index is 1.32. The van der Waals surface area contributed by atoms with Gasteiger partial charge >= 0.3 is 0 Å². The third kappa shape index (κ3) is 4.95. The van der Waals surface area contributed by atoms with E-state index in [0.717, 1.165) is 34.4 Å². The molecular weight excluding hydrogens is 405 g/mol. The van der Waals surface area contributed by atoms with Crippen LogP contribution in [0.25, 0.3) is 6.08 Å². The highest BCUT2D eigenvalue weighted by atomic mass is 19.1. The average Bonchev–Trinajstić information content (AvgIpc) is 3.15. The molecule has 0 saturated heterocycles. The number of benzene rings is 3. The lowest BCUT2D eigenvalue weighted by Gasteiger charge is -2.14. The van der Waals surface area contributed by atoms with E-state index < -0.39 is 0 Å². The summed E-state index contributed by atoms with van der Waals surface area (Å²) < 4.78 is 13.0. The van der Waals surface area contributed by atoms with Crippen molar-refractivity contribution in [1.29, 1.82) is 0 Å². The number of hydrogen-bond donors (Lipinski definition) is 0. The van der Waals surface area contributed by atoms with Gasteiger partial charge in [-0.1, -0.05) is 42.5 Å². The van der Waals surface area contributed by atoms with Crippen LogP contribution < -0.4 is 4.90 Å². The monoisotopic (exact) mass is 425 g/mol. The molecule has 0 saturated carbocycles. The zero-order chi connectivity index (χ0) is 22.5. The fourth-order valence-corrected chi connectivity index (χ4v) is 3.43. The van der Waals surface area contributed by atoms with Crippen LogP contribution >= 0.6 is 0 Å². The Labute approximate surface area is 185 Å². The molecule has 4 rings (SSSR count). The van der Waals surface area contributed by atoms with Gasteiger partial charge in [-0.3, -0.25) is 14.4 Å². The number of allylic oxidation sites excluding steroid dienone is 1. The molecule has 0 unspecified atom stereocenters. The number of amides is 2. The maximum atomic E-state index is 13.0. The van der Waals surface area contributed by atoms with Crippen molar-refractivity contribution in [2.45, 2.75) is 12.8 Å². The Bertz CT molecular complexity index is 1190. The first-order chi connectivity index (χ1) is 15.5. The first kappa shape index (κ1) is 21.1. The van der Waals surface area contributed by atoms with Gasteiger partial charge in [0.15, 0.2) is 5.78 Å². The molecule has 2 amide bonds. The minimum Gasteiger partial charge on any atom is -0.289 e. The van der Waals surface area contributed by atoms with Crippen LogP contribution in [-0.4, -0.2) is 17.6 Å².